The molecule has 2 aliphatic rings. The van der Waals surface area contributed by atoms with Gasteiger partial charge in [0.15, 0.2) is 5.84 Å². The molecular weight excluding hydrogens is 352 g/mol. The molecule has 0 saturated heterocycles. The van der Waals surface area contributed by atoms with Gasteiger partial charge in [-0.05, 0) is 37.1 Å². The third kappa shape index (κ3) is 3.20. The Morgan fingerprint density at radius 3 is 2.79 bits per heavy atom. The molecule has 0 bridgehead atoms. The van der Waals surface area contributed by atoms with Crippen molar-refractivity contribution >= 4 is 28.5 Å². The van der Waals surface area contributed by atoms with Gasteiger partial charge in [-0.3, -0.25) is 10.2 Å². The molecule has 1 aromatic carbocycles. The Labute approximate surface area is 162 Å². The number of hydrogen-bond acceptors (Lipinski definition) is 6. The first-order valence-corrected chi connectivity index (χ1v) is 9.48. The number of amidine groups is 1. The highest BCUT2D eigenvalue weighted by atomic mass is 16.1. The Hall–Kier alpha value is -3.32. The number of hydrogen-bond donors (Lipinski definition) is 2. The molecule has 28 heavy (non-hydrogen) atoms. The molecule has 2 N–H and O–H groups in total. The summed E-state index contributed by atoms with van der Waals surface area (Å²) < 4.78 is 0. The Morgan fingerprint density at radius 1 is 1.04 bits per heavy atom. The number of anilines is 1. The molecule has 2 aromatic heterocycles. The van der Waals surface area contributed by atoms with Gasteiger partial charge in [-0.15, -0.1) is 0 Å². The second kappa shape index (κ2) is 7.01. The average Bonchev–Trinajstić information content (AvgIpc) is 3.16. The van der Waals surface area contributed by atoms with E-state index in [1.807, 2.05) is 42.5 Å². The zero-order valence-corrected chi connectivity index (χ0v) is 15.3. The topological polar surface area (TPSA) is 82.5 Å². The number of para-hydroxylation sites is 1. The summed E-state index contributed by atoms with van der Waals surface area (Å²) in [5.74, 6) is 0.934. The summed E-state index contributed by atoms with van der Waals surface area (Å²) >= 11 is 0. The molecule has 1 amide bonds. The van der Waals surface area contributed by atoms with Crippen LogP contribution in [0.3, 0.4) is 0 Å². The first-order chi connectivity index (χ1) is 13.8. The number of amides is 1. The maximum atomic E-state index is 12.6. The molecule has 0 unspecified atom stereocenters. The maximum Gasteiger partial charge on any atom is 0.275 e. The van der Waals surface area contributed by atoms with Crippen molar-refractivity contribution < 1.29 is 4.79 Å². The lowest BCUT2D eigenvalue weighted by Crippen LogP contribution is -2.47. The fraction of sp³-hybridized carbons (Fsp3) is 0.238. The molecule has 1 fully saturated rings. The highest BCUT2D eigenvalue weighted by molar-refractivity contribution is 6.04. The van der Waals surface area contributed by atoms with E-state index < -0.39 is 0 Å². The van der Waals surface area contributed by atoms with Crippen molar-refractivity contribution in [2.45, 2.75) is 25.3 Å². The summed E-state index contributed by atoms with van der Waals surface area (Å²) in [5.41, 5.74) is 5.20. The summed E-state index contributed by atoms with van der Waals surface area (Å²) in [6, 6.07) is 17.4. The minimum atomic E-state index is -0.284. The van der Waals surface area contributed by atoms with E-state index in [0.29, 0.717) is 29.9 Å². The average molecular weight is 372 g/mol. The molecule has 7 nitrogen and oxygen atoms in total. The van der Waals surface area contributed by atoms with Crippen molar-refractivity contribution in [2.24, 2.45) is 4.99 Å². The molecular formula is C21H20N6O. The molecule has 0 radical (unpaired) electrons. The SMILES string of the molecule is O=C(Nc1cccc(C2=NCN(C3CCC3)N2)n1)c1ccc2ccccc2n1. The number of hydrazine groups is 1. The molecule has 1 saturated carbocycles. The van der Waals surface area contributed by atoms with E-state index >= 15 is 0 Å². The molecule has 0 atom stereocenters. The third-order valence-electron chi connectivity index (χ3n) is 5.21. The zero-order valence-electron chi connectivity index (χ0n) is 15.3. The second-order valence-corrected chi connectivity index (χ2v) is 7.07. The van der Waals surface area contributed by atoms with Crippen molar-refractivity contribution in [3.8, 4) is 0 Å². The number of carbonyl (C=O) groups excluding carboxylic acids is 1. The minimum absolute atomic E-state index is 0.284. The van der Waals surface area contributed by atoms with E-state index in [2.05, 4.69) is 30.7 Å². The molecule has 5 rings (SSSR count). The predicted molar refractivity (Wildman–Crippen MR) is 108 cm³/mol. The van der Waals surface area contributed by atoms with E-state index in [1.54, 1.807) is 12.1 Å². The lowest BCUT2D eigenvalue weighted by Gasteiger charge is -2.33. The summed E-state index contributed by atoms with van der Waals surface area (Å²) in [6.45, 7) is 0.638. The number of aromatic nitrogens is 2. The van der Waals surface area contributed by atoms with Crippen LogP contribution in [0.25, 0.3) is 10.9 Å². The second-order valence-electron chi connectivity index (χ2n) is 7.07. The van der Waals surface area contributed by atoms with E-state index in [0.717, 1.165) is 16.7 Å². The minimum Gasteiger partial charge on any atom is -0.305 e. The van der Waals surface area contributed by atoms with Crippen LogP contribution < -0.4 is 10.7 Å². The number of pyridine rings is 2. The number of aliphatic imine (C=N–C) groups is 1. The van der Waals surface area contributed by atoms with Gasteiger partial charge in [0.05, 0.1) is 5.52 Å². The van der Waals surface area contributed by atoms with Gasteiger partial charge in [-0.25, -0.2) is 15.0 Å². The summed E-state index contributed by atoms with van der Waals surface area (Å²) in [4.78, 5) is 26.1. The number of fused-ring (bicyclic) bond motifs is 1. The van der Waals surface area contributed by atoms with Crippen LogP contribution in [-0.2, 0) is 0 Å². The standard InChI is InChI=1S/C21H20N6O/c28-21(18-12-11-14-5-1-2-8-16(14)23-18)25-19-10-4-9-17(24-19)20-22-13-27(26-20)15-6-3-7-15/h1-2,4-5,8-12,15H,3,6-7,13H2,(H,22,26)(H,24,25,28). The molecule has 7 heteroatoms. The van der Waals surface area contributed by atoms with Crippen molar-refractivity contribution in [1.29, 1.82) is 0 Å². The van der Waals surface area contributed by atoms with Crippen LogP contribution in [0.1, 0.15) is 35.4 Å². The predicted octanol–water partition coefficient (Wildman–Crippen LogP) is 2.96. The molecule has 1 aliphatic heterocycles. The van der Waals surface area contributed by atoms with Gasteiger partial charge in [0, 0.05) is 11.4 Å². The third-order valence-corrected chi connectivity index (χ3v) is 5.21. The number of nitrogens with zero attached hydrogens (tertiary/aromatic N) is 4. The van der Waals surface area contributed by atoms with E-state index in [-0.39, 0.29) is 5.91 Å². The number of carbonyl (C=O) groups is 1. The van der Waals surface area contributed by atoms with Gasteiger partial charge < -0.3 is 5.32 Å². The van der Waals surface area contributed by atoms with Crippen LogP contribution >= 0.6 is 0 Å². The van der Waals surface area contributed by atoms with E-state index in [1.165, 1.54) is 19.3 Å². The van der Waals surface area contributed by atoms with Crippen LogP contribution in [0.2, 0.25) is 0 Å². The Bertz CT molecular complexity index is 1080. The first-order valence-electron chi connectivity index (χ1n) is 9.48. The summed E-state index contributed by atoms with van der Waals surface area (Å²) in [5, 5.41) is 5.99. The van der Waals surface area contributed by atoms with Gasteiger partial charge in [-0.2, -0.15) is 5.01 Å². The molecule has 3 heterocycles. The summed E-state index contributed by atoms with van der Waals surface area (Å²) in [6.07, 6.45) is 3.69. The summed E-state index contributed by atoms with van der Waals surface area (Å²) in [7, 11) is 0. The molecule has 1 aliphatic carbocycles. The van der Waals surface area contributed by atoms with Crippen molar-refractivity contribution in [2.75, 3.05) is 12.0 Å². The van der Waals surface area contributed by atoms with Crippen LogP contribution in [0, 0.1) is 0 Å². The lowest BCUT2D eigenvalue weighted by molar-refractivity contribution is 0.102. The monoisotopic (exact) mass is 372 g/mol. The highest BCUT2D eigenvalue weighted by Crippen LogP contribution is 2.25. The van der Waals surface area contributed by atoms with Gasteiger partial charge in [0.2, 0.25) is 0 Å². The Balaban J connectivity index is 1.31. The van der Waals surface area contributed by atoms with Gasteiger partial charge in [0.1, 0.15) is 23.9 Å². The van der Waals surface area contributed by atoms with Crippen LogP contribution in [0.15, 0.2) is 59.6 Å². The number of nitrogens with one attached hydrogen (secondary N) is 2. The van der Waals surface area contributed by atoms with Crippen LogP contribution in [0.4, 0.5) is 5.82 Å². The molecule has 140 valence electrons. The van der Waals surface area contributed by atoms with Gasteiger partial charge in [0.25, 0.3) is 5.91 Å². The van der Waals surface area contributed by atoms with E-state index in [9.17, 15) is 4.79 Å². The van der Waals surface area contributed by atoms with Crippen LogP contribution in [-0.4, -0.2) is 39.4 Å². The normalized spacial score (nSPS) is 17.1. The van der Waals surface area contributed by atoms with Gasteiger partial charge >= 0.3 is 0 Å². The van der Waals surface area contributed by atoms with Crippen molar-refractivity contribution in [3.05, 3.63) is 66.0 Å². The van der Waals surface area contributed by atoms with Gasteiger partial charge in [-0.1, -0.05) is 36.8 Å². The Morgan fingerprint density at radius 2 is 1.93 bits per heavy atom. The number of rotatable bonds is 4. The fourth-order valence-electron chi connectivity index (χ4n) is 3.41. The lowest BCUT2D eigenvalue weighted by atomic mass is 9.93. The number of benzene rings is 1. The van der Waals surface area contributed by atoms with E-state index in [4.69, 9.17) is 0 Å². The van der Waals surface area contributed by atoms with Crippen molar-refractivity contribution in [1.82, 2.24) is 20.4 Å². The first kappa shape index (κ1) is 16.8. The molecule has 3 aromatic rings. The Kier molecular flexibility index (Phi) is 4.21. The smallest absolute Gasteiger partial charge is 0.275 e. The van der Waals surface area contributed by atoms with Crippen LogP contribution in [0.5, 0.6) is 0 Å². The van der Waals surface area contributed by atoms with Crippen molar-refractivity contribution in [3.63, 3.8) is 0 Å². The maximum absolute atomic E-state index is 12.6. The zero-order chi connectivity index (χ0) is 18.9. The largest absolute Gasteiger partial charge is 0.305 e. The molecule has 0 spiro atoms. The highest BCUT2D eigenvalue weighted by Gasteiger charge is 2.29. The quantitative estimate of drug-likeness (QED) is 0.736. The fourth-order valence-corrected chi connectivity index (χ4v) is 3.41.